The summed E-state index contributed by atoms with van der Waals surface area (Å²) in [6.07, 6.45) is 13.0. The number of nitrogens with zero attached hydrogens (tertiary/aromatic N) is 2. The fraction of sp³-hybridized carbons (Fsp3) is 0.950. The minimum atomic E-state index is 0.227. The second-order valence-corrected chi connectivity index (χ2v) is 8.45. The molecular weight excluding hydrogens is 298 g/mol. The molecule has 0 aromatic carbocycles. The second kappa shape index (κ2) is 9.19. The number of carbonyl (C=O) groups excluding carboxylic acids is 1. The molecule has 4 heteroatoms. The quantitative estimate of drug-likeness (QED) is 0.758. The van der Waals surface area contributed by atoms with Gasteiger partial charge in [-0.25, -0.2) is 0 Å². The normalized spacial score (nSPS) is 28.3. The van der Waals surface area contributed by atoms with Crippen LogP contribution in [-0.4, -0.2) is 61.5 Å². The van der Waals surface area contributed by atoms with Crippen LogP contribution in [0.5, 0.6) is 0 Å². The minimum absolute atomic E-state index is 0.227. The van der Waals surface area contributed by atoms with E-state index in [4.69, 9.17) is 0 Å². The largest absolute Gasteiger partial charge is 0.356 e. The predicted octanol–water partition coefficient (Wildman–Crippen LogP) is 2.88. The van der Waals surface area contributed by atoms with Crippen molar-refractivity contribution in [1.29, 1.82) is 0 Å². The number of hydrogen-bond donors (Lipinski definition) is 1. The van der Waals surface area contributed by atoms with Crippen LogP contribution in [-0.2, 0) is 4.79 Å². The maximum Gasteiger partial charge on any atom is 0.224 e. The number of hydrogen-bond acceptors (Lipinski definition) is 3. The standard InChI is InChI=1S/C20H37N3O/c1-22-14-10-19(11-15-22)23-13-5-9-18(16-23)20(24)21-12-4-8-17-6-2-3-7-17/h17-19H,2-16H2,1H3,(H,21,24)/t18-/m0/s1. The molecular formula is C20H37N3O. The van der Waals surface area contributed by atoms with Crippen molar-refractivity contribution in [1.82, 2.24) is 15.1 Å². The van der Waals surface area contributed by atoms with Gasteiger partial charge in [-0.15, -0.1) is 0 Å². The molecule has 24 heavy (non-hydrogen) atoms. The molecule has 1 saturated carbocycles. The Kier molecular flexibility index (Phi) is 6.96. The number of nitrogens with one attached hydrogen (secondary N) is 1. The third-order valence-electron chi connectivity index (χ3n) is 6.59. The van der Waals surface area contributed by atoms with Gasteiger partial charge in [0, 0.05) is 19.1 Å². The van der Waals surface area contributed by atoms with Crippen molar-refractivity contribution >= 4 is 5.91 Å². The lowest BCUT2D eigenvalue weighted by Crippen LogP contribution is -2.50. The summed E-state index contributed by atoms with van der Waals surface area (Å²) in [5.74, 6) is 1.49. The van der Waals surface area contributed by atoms with Crippen LogP contribution in [0.25, 0.3) is 0 Å². The molecule has 2 saturated heterocycles. The lowest BCUT2D eigenvalue weighted by molar-refractivity contribution is -0.127. The van der Waals surface area contributed by atoms with Gasteiger partial charge in [0.1, 0.15) is 0 Å². The van der Waals surface area contributed by atoms with Gasteiger partial charge in [0.15, 0.2) is 0 Å². The Labute approximate surface area is 148 Å². The molecule has 0 aromatic rings. The fourth-order valence-corrected chi connectivity index (χ4v) is 4.96. The van der Waals surface area contributed by atoms with Crippen molar-refractivity contribution in [3.63, 3.8) is 0 Å². The maximum atomic E-state index is 12.5. The van der Waals surface area contributed by atoms with E-state index in [0.29, 0.717) is 11.9 Å². The highest BCUT2D eigenvalue weighted by Gasteiger charge is 2.31. The summed E-state index contributed by atoms with van der Waals surface area (Å²) < 4.78 is 0. The first-order valence-corrected chi connectivity index (χ1v) is 10.4. The molecule has 1 amide bonds. The Balaban J connectivity index is 1.35. The average Bonchev–Trinajstić information content (AvgIpc) is 3.13. The Morgan fingerprint density at radius 2 is 1.75 bits per heavy atom. The monoisotopic (exact) mass is 335 g/mol. The van der Waals surface area contributed by atoms with Crippen molar-refractivity contribution in [2.75, 3.05) is 39.8 Å². The lowest BCUT2D eigenvalue weighted by Gasteiger charge is -2.41. The van der Waals surface area contributed by atoms with Crippen molar-refractivity contribution < 1.29 is 4.79 Å². The average molecular weight is 336 g/mol. The summed E-state index contributed by atoms with van der Waals surface area (Å²) in [5, 5.41) is 3.23. The van der Waals surface area contributed by atoms with E-state index in [-0.39, 0.29) is 5.92 Å². The van der Waals surface area contributed by atoms with E-state index in [1.165, 1.54) is 77.4 Å². The number of likely N-dealkylation sites (tertiary alicyclic amines) is 2. The van der Waals surface area contributed by atoms with Crippen LogP contribution >= 0.6 is 0 Å². The van der Waals surface area contributed by atoms with Crippen molar-refractivity contribution in [2.24, 2.45) is 11.8 Å². The highest BCUT2D eigenvalue weighted by atomic mass is 16.1. The van der Waals surface area contributed by atoms with Gasteiger partial charge in [-0.1, -0.05) is 25.7 Å². The van der Waals surface area contributed by atoms with Gasteiger partial charge in [-0.3, -0.25) is 9.69 Å². The molecule has 1 atom stereocenters. The molecule has 0 aromatic heterocycles. The first kappa shape index (κ1) is 18.2. The summed E-state index contributed by atoms with van der Waals surface area (Å²) in [6.45, 7) is 5.49. The van der Waals surface area contributed by atoms with E-state index >= 15 is 0 Å². The number of piperidine rings is 2. The number of carbonyl (C=O) groups is 1. The van der Waals surface area contributed by atoms with Crippen LogP contribution < -0.4 is 5.32 Å². The van der Waals surface area contributed by atoms with Gasteiger partial charge in [0.25, 0.3) is 0 Å². The number of rotatable bonds is 6. The van der Waals surface area contributed by atoms with E-state index in [1.807, 2.05) is 0 Å². The van der Waals surface area contributed by atoms with E-state index in [9.17, 15) is 4.79 Å². The van der Waals surface area contributed by atoms with Gasteiger partial charge in [-0.2, -0.15) is 0 Å². The number of amides is 1. The van der Waals surface area contributed by atoms with Crippen LogP contribution in [0.3, 0.4) is 0 Å². The van der Waals surface area contributed by atoms with Gasteiger partial charge in [0.05, 0.1) is 5.92 Å². The van der Waals surface area contributed by atoms with Crippen molar-refractivity contribution in [2.45, 2.75) is 70.3 Å². The molecule has 0 spiro atoms. The maximum absolute atomic E-state index is 12.5. The van der Waals surface area contributed by atoms with Crippen LogP contribution in [0.15, 0.2) is 0 Å². The molecule has 3 rings (SSSR count). The Morgan fingerprint density at radius 3 is 2.50 bits per heavy atom. The van der Waals surface area contributed by atoms with E-state index in [0.717, 1.165) is 25.4 Å². The predicted molar refractivity (Wildman–Crippen MR) is 99.0 cm³/mol. The minimum Gasteiger partial charge on any atom is -0.356 e. The van der Waals surface area contributed by atoms with Crippen molar-refractivity contribution in [3.05, 3.63) is 0 Å². The zero-order chi connectivity index (χ0) is 16.8. The van der Waals surface area contributed by atoms with Crippen LogP contribution in [0, 0.1) is 11.8 Å². The summed E-state index contributed by atoms with van der Waals surface area (Å²) in [4.78, 5) is 17.6. The Bertz CT molecular complexity index is 386. The SMILES string of the molecule is CN1CCC(N2CCC[C@H](C(=O)NCCCC3CCCC3)C2)CC1. The van der Waals surface area contributed by atoms with E-state index in [1.54, 1.807) is 0 Å². The molecule has 2 aliphatic heterocycles. The molecule has 0 radical (unpaired) electrons. The summed E-state index contributed by atoms with van der Waals surface area (Å²) in [7, 11) is 2.22. The molecule has 0 unspecified atom stereocenters. The molecule has 138 valence electrons. The van der Waals surface area contributed by atoms with Gasteiger partial charge < -0.3 is 10.2 Å². The molecule has 3 aliphatic rings. The summed E-state index contributed by atoms with van der Waals surface area (Å²) in [5.41, 5.74) is 0. The smallest absolute Gasteiger partial charge is 0.224 e. The van der Waals surface area contributed by atoms with Crippen LogP contribution in [0.2, 0.25) is 0 Å². The van der Waals surface area contributed by atoms with E-state index < -0.39 is 0 Å². The molecule has 1 N–H and O–H groups in total. The third kappa shape index (κ3) is 5.19. The second-order valence-electron chi connectivity index (χ2n) is 8.45. The van der Waals surface area contributed by atoms with Gasteiger partial charge >= 0.3 is 0 Å². The molecule has 3 fully saturated rings. The first-order chi connectivity index (χ1) is 11.7. The topological polar surface area (TPSA) is 35.6 Å². The zero-order valence-corrected chi connectivity index (χ0v) is 15.6. The third-order valence-corrected chi connectivity index (χ3v) is 6.59. The Morgan fingerprint density at radius 1 is 1.00 bits per heavy atom. The molecule has 4 nitrogen and oxygen atoms in total. The first-order valence-electron chi connectivity index (χ1n) is 10.4. The lowest BCUT2D eigenvalue weighted by atomic mass is 9.93. The summed E-state index contributed by atoms with van der Waals surface area (Å²) in [6, 6.07) is 0.708. The van der Waals surface area contributed by atoms with E-state index in [2.05, 4.69) is 22.2 Å². The molecule has 1 aliphatic carbocycles. The molecule has 0 bridgehead atoms. The Hall–Kier alpha value is -0.610. The summed E-state index contributed by atoms with van der Waals surface area (Å²) >= 11 is 0. The highest BCUT2D eigenvalue weighted by molar-refractivity contribution is 5.78. The van der Waals surface area contributed by atoms with Crippen LogP contribution in [0.4, 0.5) is 0 Å². The van der Waals surface area contributed by atoms with Gasteiger partial charge in [0.2, 0.25) is 5.91 Å². The highest BCUT2D eigenvalue weighted by Crippen LogP contribution is 2.28. The fourth-order valence-electron chi connectivity index (χ4n) is 4.96. The zero-order valence-electron chi connectivity index (χ0n) is 15.6. The molecule has 2 heterocycles. The van der Waals surface area contributed by atoms with Crippen LogP contribution in [0.1, 0.15) is 64.2 Å². The van der Waals surface area contributed by atoms with Gasteiger partial charge in [-0.05, 0) is 71.1 Å². The van der Waals surface area contributed by atoms with Crippen molar-refractivity contribution in [3.8, 4) is 0 Å².